The number of hydrogen-bond acceptors (Lipinski definition) is 4. The van der Waals surface area contributed by atoms with Crippen molar-refractivity contribution in [1.82, 2.24) is 0 Å². The van der Waals surface area contributed by atoms with Crippen LogP contribution in [-0.2, 0) is 16.0 Å². The first-order valence-electron chi connectivity index (χ1n) is 11.4. The zero-order valence-corrected chi connectivity index (χ0v) is 18.9. The molecule has 1 aromatic rings. The van der Waals surface area contributed by atoms with Crippen LogP contribution >= 0.6 is 0 Å². The molecule has 166 valence electrons. The van der Waals surface area contributed by atoms with Gasteiger partial charge in [-0.3, -0.25) is 4.79 Å². The number of unbranched alkanes of at least 4 members (excludes halogenated alkanes) is 2. The maximum absolute atomic E-state index is 12.4. The summed E-state index contributed by atoms with van der Waals surface area (Å²) in [6, 6.07) is 3.83. The van der Waals surface area contributed by atoms with Crippen molar-refractivity contribution in [3.05, 3.63) is 47.6 Å². The number of epoxide rings is 1. The molecular weight excluding hydrogens is 376 g/mol. The normalized spacial score (nSPS) is 19.9. The van der Waals surface area contributed by atoms with Gasteiger partial charge in [0.25, 0.3) is 0 Å². The van der Waals surface area contributed by atoms with Crippen LogP contribution in [0.15, 0.2) is 36.4 Å². The van der Waals surface area contributed by atoms with Gasteiger partial charge < -0.3 is 14.6 Å². The van der Waals surface area contributed by atoms with Crippen LogP contribution in [0.5, 0.6) is 11.5 Å². The number of hydrogen-bond donors (Lipinski definition) is 1. The van der Waals surface area contributed by atoms with E-state index < -0.39 is 0 Å². The maximum atomic E-state index is 12.4. The lowest BCUT2D eigenvalue weighted by molar-refractivity contribution is -0.134. The minimum Gasteiger partial charge on any atom is -0.507 e. The summed E-state index contributed by atoms with van der Waals surface area (Å²) in [6.07, 6.45) is 12.7. The Labute approximate surface area is 182 Å². The predicted molar refractivity (Wildman–Crippen MR) is 122 cm³/mol. The Kier molecular flexibility index (Phi) is 10.2. The van der Waals surface area contributed by atoms with E-state index in [4.69, 9.17) is 9.47 Å². The molecule has 2 aliphatic rings. The summed E-state index contributed by atoms with van der Waals surface area (Å²) >= 11 is 0. The Bertz CT molecular complexity index is 731. The first kappa shape index (κ1) is 24.2. The fraction of sp³-hybridized carbons (Fsp3) is 0.577. The van der Waals surface area contributed by atoms with E-state index >= 15 is 0 Å². The number of carbonyl (C=O) groups is 1. The summed E-state index contributed by atoms with van der Waals surface area (Å²) in [6.45, 7) is 10.3. The molecular formula is C26H38O4. The van der Waals surface area contributed by atoms with E-state index in [1.54, 1.807) is 6.08 Å². The highest BCUT2D eigenvalue weighted by atomic mass is 16.6. The van der Waals surface area contributed by atoms with E-state index in [0.29, 0.717) is 18.6 Å². The molecule has 3 rings (SSSR count). The third-order valence-electron chi connectivity index (χ3n) is 5.49. The van der Waals surface area contributed by atoms with Crippen molar-refractivity contribution in [3.63, 3.8) is 0 Å². The number of phenolic OH excluding ortho intramolecular Hbond substituents is 1. The third kappa shape index (κ3) is 7.98. The Morgan fingerprint density at radius 1 is 1.37 bits per heavy atom. The highest BCUT2D eigenvalue weighted by Crippen LogP contribution is 2.42. The van der Waals surface area contributed by atoms with Gasteiger partial charge >= 0.3 is 5.97 Å². The summed E-state index contributed by atoms with van der Waals surface area (Å²) in [4.78, 5) is 12.4. The van der Waals surface area contributed by atoms with Crippen molar-refractivity contribution in [1.29, 1.82) is 0 Å². The van der Waals surface area contributed by atoms with E-state index in [1.807, 2.05) is 19.1 Å². The minimum atomic E-state index is -0.242. The third-order valence-corrected chi connectivity index (χ3v) is 5.49. The molecule has 1 fully saturated rings. The molecule has 1 aliphatic carbocycles. The van der Waals surface area contributed by atoms with Crippen molar-refractivity contribution in [2.75, 3.05) is 6.61 Å². The second kappa shape index (κ2) is 12.6. The van der Waals surface area contributed by atoms with Crippen LogP contribution in [0.3, 0.4) is 0 Å². The first-order chi connectivity index (χ1) is 14.5. The lowest BCUT2D eigenvalue weighted by Crippen LogP contribution is -2.13. The Morgan fingerprint density at radius 3 is 2.73 bits per heavy atom. The van der Waals surface area contributed by atoms with Crippen LogP contribution in [0.25, 0.3) is 0 Å². The van der Waals surface area contributed by atoms with Crippen molar-refractivity contribution < 1.29 is 19.4 Å². The van der Waals surface area contributed by atoms with Crippen molar-refractivity contribution in [2.45, 2.75) is 90.6 Å². The van der Waals surface area contributed by atoms with Crippen LogP contribution in [0.2, 0.25) is 0 Å². The highest BCUT2D eigenvalue weighted by Gasteiger charge is 2.26. The number of rotatable bonds is 9. The summed E-state index contributed by atoms with van der Waals surface area (Å²) in [5, 5.41) is 10.8. The molecule has 1 saturated heterocycles. The molecule has 0 saturated carbocycles. The van der Waals surface area contributed by atoms with E-state index in [2.05, 4.69) is 26.5 Å². The monoisotopic (exact) mass is 414 g/mol. The predicted octanol–water partition coefficient (Wildman–Crippen LogP) is 6.62. The van der Waals surface area contributed by atoms with Crippen LogP contribution in [0, 0.1) is 0 Å². The second-order valence-corrected chi connectivity index (χ2v) is 8.37. The van der Waals surface area contributed by atoms with Crippen LogP contribution < -0.4 is 4.74 Å². The lowest BCUT2D eigenvalue weighted by atomic mass is 9.84. The fourth-order valence-corrected chi connectivity index (χ4v) is 3.87. The number of benzene rings is 1. The van der Waals surface area contributed by atoms with Gasteiger partial charge in [-0.2, -0.15) is 0 Å². The largest absolute Gasteiger partial charge is 0.507 e. The Morgan fingerprint density at radius 2 is 2.10 bits per heavy atom. The standard InChI is InChI=1S/C23H32O4.C3H6/c1-3-4-5-8-17-13-20(24)23(18-9-6-7-16(2)12-18)21(14-17)27-22(25)11-10-19-15-26-19;1-3-2/h12-14,18-19,24H,3-11,15H2,1-2H3;3H,1H2,2H3. The zero-order valence-electron chi connectivity index (χ0n) is 18.9. The molecule has 30 heavy (non-hydrogen) atoms. The average Bonchev–Trinajstić information content (AvgIpc) is 3.51. The number of carbonyl (C=O) groups excluding carboxylic acids is 1. The Hall–Kier alpha value is -2.07. The van der Waals surface area contributed by atoms with Gasteiger partial charge in [0.1, 0.15) is 11.5 Å². The quantitative estimate of drug-likeness (QED) is 0.162. The molecule has 0 amide bonds. The van der Waals surface area contributed by atoms with Crippen LogP contribution in [-0.4, -0.2) is 23.8 Å². The van der Waals surface area contributed by atoms with Gasteiger partial charge in [0.05, 0.1) is 12.7 Å². The SMILES string of the molecule is C=CC.CCCCCc1cc(O)c(C2C=C(C)CCC2)c(OC(=O)CCC2CO2)c1. The lowest BCUT2D eigenvalue weighted by Gasteiger charge is -2.23. The second-order valence-electron chi connectivity index (χ2n) is 8.37. The molecule has 1 aromatic carbocycles. The number of aryl methyl sites for hydroxylation is 1. The summed E-state index contributed by atoms with van der Waals surface area (Å²) in [5.41, 5.74) is 3.14. The van der Waals surface area contributed by atoms with Gasteiger partial charge in [-0.05, 0) is 70.1 Å². The molecule has 2 unspecified atom stereocenters. The van der Waals surface area contributed by atoms with E-state index in [0.717, 1.165) is 62.7 Å². The summed E-state index contributed by atoms with van der Waals surface area (Å²) < 4.78 is 10.9. The number of phenols is 1. The topological polar surface area (TPSA) is 59.1 Å². The molecule has 4 heteroatoms. The molecule has 1 N–H and O–H groups in total. The number of esters is 1. The summed E-state index contributed by atoms with van der Waals surface area (Å²) in [7, 11) is 0. The minimum absolute atomic E-state index is 0.109. The maximum Gasteiger partial charge on any atom is 0.311 e. The van der Waals surface area contributed by atoms with Gasteiger partial charge in [-0.25, -0.2) is 0 Å². The molecule has 0 bridgehead atoms. The molecule has 2 atom stereocenters. The van der Waals surface area contributed by atoms with Crippen LogP contribution in [0.1, 0.15) is 89.2 Å². The molecule has 0 aromatic heterocycles. The molecule has 1 aliphatic heterocycles. The van der Waals surface area contributed by atoms with Gasteiger partial charge in [0.2, 0.25) is 0 Å². The fourth-order valence-electron chi connectivity index (χ4n) is 3.87. The van der Waals surface area contributed by atoms with E-state index in [9.17, 15) is 9.90 Å². The average molecular weight is 415 g/mol. The van der Waals surface area contributed by atoms with E-state index in [1.165, 1.54) is 5.57 Å². The highest BCUT2D eigenvalue weighted by molar-refractivity contribution is 5.73. The van der Waals surface area contributed by atoms with Gasteiger partial charge in [0, 0.05) is 17.9 Å². The molecule has 4 nitrogen and oxygen atoms in total. The molecule has 0 radical (unpaired) electrons. The van der Waals surface area contributed by atoms with Crippen molar-refractivity contribution in [3.8, 4) is 11.5 Å². The summed E-state index contributed by atoms with van der Waals surface area (Å²) in [5.74, 6) is 0.666. The Balaban J connectivity index is 0.00000101. The number of allylic oxidation sites excluding steroid dienone is 3. The van der Waals surface area contributed by atoms with Crippen molar-refractivity contribution >= 4 is 5.97 Å². The molecule has 1 heterocycles. The first-order valence-corrected chi connectivity index (χ1v) is 11.4. The van der Waals surface area contributed by atoms with Crippen LogP contribution in [0.4, 0.5) is 0 Å². The van der Waals surface area contributed by atoms with Gasteiger partial charge in [0.15, 0.2) is 0 Å². The van der Waals surface area contributed by atoms with E-state index in [-0.39, 0.29) is 23.7 Å². The number of ether oxygens (including phenoxy) is 2. The zero-order chi connectivity index (χ0) is 21.9. The van der Waals surface area contributed by atoms with Crippen molar-refractivity contribution in [2.24, 2.45) is 0 Å². The van der Waals surface area contributed by atoms with Gasteiger partial charge in [-0.15, -0.1) is 6.58 Å². The van der Waals surface area contributed by atoms with Gasteiger partial charge in [-0.1, -0.05) is 37.5 Å². The molecule has 0 spiro atoms. The number of aromatic hydroxyl groups is 1. The smallest absolute Gasteiger partial charge is 0.311 e.